The van der Waals surface area contributed by atoms with Crippen molar-refractivity contribution in [2.24, 2.45) is 5.92 Å². The third-order valence-electron chi connectivity index (χ3n) is 3.66. The monoisotopic (exact) mass is 273 g/mol. The molecule has 0 bridgehead atoms. The van der Waals surface area contributed by atoms with Gasteiger partial charge in [-0.2, -0.15) is 0 Å². The summed E-state index contributed by atoms with van der Waals surface area (Å²) in [4.78, 5) is 14.5. The van der Waals surface area contributed by atoms with E-state index in [9.17, 15) is 15.2 Å². The predicted octanol–water partition coefficient (Wildman–Crippen LogP) is 2.33. The topological polar surface area (TPSA) is 88.3 Å². The minimum atomic E-state index is -0.410. The van der Waals surface area contributed by atoms with E-state index in [2.05, 4.69) is 10.3 Å². The summed E-state index contributed by atoms with van der Waals surface area (Å²) in [5.74, 6) is 0.397. The molecule has 1 atom stereocenters. The lowest BCUT2D eigenvalue weighted by Gasteiger charge is -2.13. The van der Waals surface area contributed by atoms with E-state index in [1.807, 2.05) is 0 Å². The Morgan fingerprint density at radius 2 is 2.20 bits per heavy atom. The van der Waals surface area contributed by atoms with Crippen LogP contribution in [0, 0.1) is 16.0 Å². The summed E-state index contributed by atoms with van der Waals surface area (Å²) in [7, 11) is 0. The van der Waals surface area contributed by atoms with E-state index in [1.54, 1.807) is 18.3 Å². The van der Waals surface area contributed by atoms with E-state index < -0.39 is 4.92 Å². The van der Waals surface area contributed by atoms with Crippen LogP contribution >= 0.6 is 0 Å². The number of rotatable bonds is 5. The summed E-state index contributed by atoms with van der Waals surface area (Å²) >= 11 is 0. The summed E-state index contributed by atoms with van der Waals surface area (Å²) < 4.78 is 0. The molecule has 1 aliphatic rings. The zero-order chi connectivity index (χ0) is 14.1. The normalized spacial score (nSPS) is 16.1. The van der Waals surface area contributed by atoms with Crippen LogP contribution in [0.1, 0.15) is 12.8 Å². The van der Waals surface area contributed by atoms with Gasteiger partial charge in [0.25, 0.3) is 5.69 Å². The Bertz CT molecular complexity index is 655. The number of benzene rings is 1. The van der Waals surface area contributed by atoms with Crippen LogP contribution in [-0.4, -0.2) is 27.7 Å². The number of non-ortho nitro benzene ring substituents is 1. The van der Waals surface area contributed by atoms with Crippen molar-refractivity contribution >= 4 is 22.1 Å². The molecule has 2 N–H and O–H groups in total. The number of nitrogens with one attached hydrogen (secondary N) is 1. The molecule has 1 aliphatic carbocycles. The van der Waals surface area contributed by atoms with Gasteiger partial charge in [0.1, 0.15) is 0 Å². The Balaban J connectivity index is 1.91. The lowest BCUT2D eigenvalue weighted by atomic mass is 10.1. The third kappa shape index (κ3) is 2.42. The summed E-state index contributed by atoms with van der Waals surface area (Å²) in [6.45, 7) is 0.458. The smallest absolute Gasteiger partial charge is 0.278 e. The van der Waals surface area contributed by atoms with Gasteiger partial charge in [-0.15, -0.1) is 0 Å². The lowest BCUT2D eigenvalue weighted by molar-refractivity contribution is -0.383. The Morgan fingerprint density at radius 3 is 2.90 bits per heavy atom. The highest BCUT2D eigenvalue weighted by molar-refractivity contribution is 5.99. The number of aliphatic hydroxyl groups excluding tert-OH is 1. The van der Waals surface area contributed by atoms with Crippen LogP contribution in [0.15, 0.2) is 30.6 Å². The number of pyridine rings is 1. The highest BCUT2D eigenvalue weighted by Gasteiger charge is 2.29. The van der Waals surface area contributed by atoms with Gasteiger partial charge in [0.05, 0.1) is 16.4 Å². The zero-order valence-electron chi connectivity index (χ0n) is 10.8. The van der Waals surface area contributed by atoms with Gasteiger partial charge in [-0.3, -0.25) is 15.1 Å². The molecule has 1 aromatic heterocycles. The Kier molecular flexibility index (Phi) is 3.23. The Labute approximate surface area is 115 Å². The highest BCUT2D eigenvalue weighted by atomic mass is 16.6. The fourth-order valence-electron chi connectivity index (χ4n) is 2.35. The van der Waals surface area contributed by atoms with E-state index in [-0.39, 0.29) is 11.8 Å². The SMILES string of the molecule is O=[N+]([O-])c1ccc(NCC(O)C2CC2)c2ccncc12. The van der Waals surface area contributed by atoms with Crippen molar-refractivity contribution in [3.63, 3.8) is 0 Å². The molecular formula is C14H15N3O3. The average molecular weight is 273 g/mol. The lowest BCUT2D eigenvalue weighted by Crippen LogP contribution is -2.21. The van der Waals surface area contributed by atoms with Crippen molar-refractivity contribution in [1.29, 1.82) is 0 Å². The fourth-order valence-corrected chi connectivity index (χ4v) is 2.35. The van der Waals surface area contributed by atoms with E-state index in [0.29, 0.717) is 17.8 Å². The predicted molar refractivity (Wildman–Crippen MR) is 75.6 cm³/mol. The zero-order valence-corrected chi connectivity index (χ0v) is 10.8. The molecular weight excluding hydrogens is 258 g/mol. The largest absolute Gasteiger partial charge is 0.391 e. The first-order valence-corrected chi connectivity index (χ1v) is 6.60. The van der Waals surface area contributed by atoms with Crippen LogP contribution in [0.3, 0.4) is 0 Å². The molecule has 0 spiro atoms. The van der Waals surface area contributed by atoms with Crippen LogP contribution in [-0.2, 0) is 0 Å². The molecule has 0 aliphatic heterocycles. The quantitative estimate of drug-likeness (QED) is 0.644. The molecule has 1 aromatic carbocycles. The molecule has 2 aromatic rings. The number of nitrogens with zero attached hydrogens (tertiary/aromatic N) is 2. The second-order valence-electron chi connectivity index (χ2n) is 5.10. The number of anilines is 1. The van der Waals surface area contributed by atoms with Crippen molar-refractivity contribution in [2.75, 3.05) is 11.9 Å². The fraction of sp³-hybridized carbons (Fsp3) is 0.357. The standard InChI is InChI=1S/C14H15N3O3/c18-14(9-1-2-9)8-16-12-3-4-13(17(19)20)11-7-15-6-5-10(11)12/h3-7,9,14,16,18H,1-2,8H2. The Hall–Kier alpha value is -2.21. The molecule has 1 fully saturated rings. The molecule has 104 valence electrons. The van der Waals surface area contributed by atoms with Gasteiger partial charge in [0.2, 0.25) is 0 Å². The first-order valence-electron chi connectivity index (χ1n) is 6.60. The summed E-state index contributed by atoms with van der Waals surface area (Å²) in [6.07, 6.45) is 4.90. The summed E-state index contributed by atoms with van der Waals surface area (Å²) in [5.41, 5.74) is 0.828. The van der Waals surface area contributed by atoms with Crippen LogP contribution in [0.25, 0.3) is 10.8 Å². The molecule has 6 nitrogen and oxygen atoms in total. The van der Waals surface area contributed by atoms with E-state index in [1.165, 1.54) is 12.3 Å². The minimum Gasteiger partial charge on any atom is -0.391 e. The number of nitro groups is 1. The van der Waals surface area contributed by atoms with Crippen LogP contribution < -0.4 is 5.32 Å². The maximum Gasteiger partial charge on any atom is 0.278 e. The van der Waals surface area contributed by atoms with Crippen LogP contribution in [0.4, 0.5) is 11.4 Å². The van der Waals surface area contributed by atoms with Gasteiger partial charge in [0, 0.05) is 36.1 Å². The molecule has 0 amide bonds. The van der Waals surface area contributed by atoms with E-state index in [0.717, 1.165) is 23.9 Å². The highest BCUT2D eigenvalue weighted by Crippen LogP contribution is 2.34. The average Bonchev–Trinajstić information content (AvgIpc) is 3.28. The van der Waals surface area contributed by atoms with Crippen molar-refractivity contribution in [2.45, 2.75) is 18.9 Å². The van der Waals surface area contributed by atoms with E-state index >= 15 is 0 Å². The Morgan fingerprint density at radius 1 is 1.40 bits per heavy atom. The molecule has 0 radical (unpaired) electrons. The van der Waals surface area contributed by atoms with Gasteiger partial charge in [-0.1, -0.05) is 0 Å². The number of aromatic nitrogens is 1. The van der Waals surface area contributed by atoms with E-state index in [4.69, 9.17) is 0 Å². The number of hydrogen-bond donors (Lipinski definition) is 2. The second-order valence-corrected chi connectivity index (χ2v) is 5.10. The molecule has 1 saturated carbocycles. The number of aliphatic hydroxyl groups is 1. The van der Waals surface area contributed by atoms with Gasteiger partial charge in [-0.25, -0.2) is 0 Å². The summed E-state index contributed by atoms with van der Waals surface area (Å²) in [5, 5.41) is 25.3. The van der Waals surface area contributed by atoms with Gasteiger partial charge < -0.3 is 10.4 Å². The minimum absolute atomic E-state index is 0.0430. The molecule has 20 heavy (non-hydrogen) atoms. The summed E-state index contributed by atoms with van der Waals surface area (Å²) in [6, 6.07) is 4.89. The van der Waals surface area contributed by atoms with Gasteiger partial charge in [0.15, 0.2) is 0 Å². The number of hydrogen-bond acceptors (Lipinski definition) is 5. The first kappa shape index (κ1) is 12.8. The van der Waals surface area contributed by atoms with Crippen LogP contribution in [0.5, 0.6) is 0 Å². The number of fused-ring (bicyclic) bond motifs is 1. The maximum atomic E-state index is 11.0. The van der Waals surface area contributed by atoms with Gasteiger partial charge in [-0.05, 0) is 30.9 Å². The molecule has 6 heteroatoms. The molecule has 0 saturated heterocycles. The van der Waals surface area contributed by atoms with Crippen LogP contribution in [0.2, 0.25) is 0 Å². The third-order valence-corrected chi connectivity index (χ3v) is 3.66. The van der Waals surface area contributed by atoms with Gasteiger partial charge >= 0.3 is 0 Å². The molecule has 1 unspecified atom stereocenters. The van der Waals surface area contributed by atoms with Crippen molar-refractivity contribution in [3.05, 3.63) is 40.7 Å². The second kappa shape index (κ2) is 5.05. The molecule has 1 heterocycles. The number of nitro benzene ring substituents is 1. The van der Waals surface area contributed by atoms with Crippen molar-refractivity contribution in [3.8, 4) is 0 Å². The van der Waals surface area contributed by atoms with Crippen molar-refractivity contribution in [1.82, 2.24) is 4.98 Å². The van der Waals surface area contributed by atoms with Crippen molar-refractivity contribution < 1.29 is 10.0 Å². The molecule has 3 rings (SSSR count). The maximum absolute atomic E-state index is 11.0. The first-order chi connectivity index (χ1) is 9.66.